The molecule has 0 spiro atoms. The lowest BCUT2D eigenvalue weighted by Gasteiger charge is -2.11. The maximum absolute atomic E-state index is 11.6. The maximum Gasteiger partial charge on any atom is 0.338 e. The Kier molecular flexibility index (Phi) is 5.17. The SMILES string of the molecule is CCC(C)NC(=O)COC(=O)c1cccc(N)c1. The molecule has 0 radical (unpaired) electrons. The highest BCUT2D eigenvalue weighted by Crippen LogP contribution is 2.07. The first kappa shape index (κ1) is 14.0. The Bertz CT molecular complexity index is 432. The van der Waals surface area contributed by atoms with Crippen molar-refractivity contribution in [3.63, 3.8) is 0 Å². The molecule has 18 heavy (non-hydrogen) atoms. The molecule has 0 aliphatic rings. The van der Waals surface area contributed by atoms with Gasteiger partial charge in [0.15, 0.2) is 6.61 Å². The summed E-state index contributed by atoms with van der Waals surface area (Å²) >= 11 is 0. The van der Waals surface area contributed by atoms with Crippen LogP contribution in [0, 0.1) is 0 Å². The largest absolute Gasteiger partial charge is 0.452 e. The van der Waals surface area contributed by atoms with Gasteiger partial charge in [0.1, 0.15) is 0 Å². The van der Waals surface area contributed by atoms with E-state index in [1.165, 1.54) is 6.07 Å². The molecular weight excluding hydrogens is 232 g/mol. The minimum absolute atomic E-state index is 0.0728. The minimum atomic E-state index is -0.554. The van der Waals surface area contributed by atoms with E-state index in [4.69, 9.17) is 10.5 Å². The lowest BCUT2D eigenvalue weighted by atomic mass is 10.2. The lowest BCUT2D eigenvalue weighted by Crippen LogP contribution is -2.35. The van der Waals surface area contributed by atoms with Gasteiger partial charge in [-0.25, -0.2) is 4.79 Å². The molecule has 1 unspecified atom stereocenters. The molecule has 0 heterocycles. The van der Waals surface area contributed by atoms with Crippen molar-refractivity contribution in [3.8, 4) is 0 Å². The van der Waals surface area contributed by atoms with E-state index in [1.807, 2.05) is 13.8 Å². The number of hydrogen-bond donors (Lipinski definition) is 2. The van der Waals surface area contributed by atoms with Crippen LogP contribution >= 0.6 is 0 Å². The van der Waals surface area contributed by atoms with Crippen LogP contribution in [-0.4, -0.2) is 24.5 Å². The van der Waals surface area contributed by atoms with Crippen molar-refractivity contribution in [1.29, 1.82) is 0 Å². The quantitative estimate of drug-likeness (QED) is 0.610. The van der Waals surface area contributed by atoms with Crippen LogP contribution in [0.1, 0.15) is 30.6 Å². The molecule has 0 aliphatic carbocycles. The van der Waals surface area contributed by atoms with Gasteiger partial charge in [-0.1, -0.05) is 13.0 Å². The van der Waals surface area contributed by atoms with E-state index in [0.29, 0.717) is 11.3 Å². The molecule has 0 aliphatic heterocycles. The van der Waals surface area contributed by atoms with Crippen LogP contribution in [0.25, 0.3) is 0 Å². The maximum atomic E-state index is 11.6. The predicted molar refractivity (Wildman–Crippen MR) is 69.0 cm³/mol. The number of anilines is 1. The fourth-order valence-electron chi connectivity index (χ4n) is 1.30. The highest BCUT2D eigenvalue weighted by Gasteiger charge is 2.11. The summed E-state index contributed by atoms with van der Waals surface area (Å²) in [7, 11) is 0. The average Bonchev–Trinajstić information content (AvgIpc) is 2.35. The first-order valence-electron chi connectivity index (χ1n) is 5.85. The molecule has 1 aromatic carbocycles. The molecule has 0 aromatic heterocycles. The van der Waals surface area contributed by atoms with E-state index in [2.05, 4.69) is 5.32 Å². The molecular formula is C13H18N2O3. The number of hydrogen-bond acceptors (Lipinski definition) is 4. The Labute approximate surface area is 106 Å². The zero-order chi connectivity index (χ0) is 13.5. The van der Waals surface area contributed by atoms with Gasteiger partial charge in [-0.2, -0.15) is 0 Å². The topological polar surface area (TPSA) is 81.4 Å². The normalized spacial score (nSPS) is 11.7. The van der Waals surface area contributed by atoms with Crippen molar-refractivity contribution in [1.82, 2.24) is 5.32 Å². The number of nitrogen functional groups attached to an aromatic ring is 1. The molecule has 0 saturated heterocycles. The molecule has 1 atom stereocenters. The zero-order valence-electron chi connectivity index (χ0n) is 10.6. The number of benzene rings is 1. The molecule has 0 saturated carbocycles. The second-order valence-electron chi connectivity index (χ2n) is 4.08. The van der Waals surface area contributed by atoms with Crippen LogP contribution in [0.4, 0.5) is 5.69 Å². The molecule has 5 heteroatoms. The number of carbonyl (C=O) groups excluding carboxylic acids is 2. The number of esters is 1. The summed E-state index contributed by atoms with van der Waals surface area (Å²) in [6, 6.07) is 6.50. The molecule has 98 valence electrons. The molecule has 1 amide bonds. The molecule has 3 N–H and O–H groups in total. The molecule has 0 fully saturated rings. The van der Waals surface area contributed by atoms with Gasteiger partial charge in [0.25, 0.3) is 5.91 Å². The van der Waals surface area contributed by atoms with Crippen LogP contribution in [0.2, 0.25) is 0 Å². The Balaban J connectivity index is 2.44. The van der Waals surface area contributed by atoms with Gasteiger partial charge in [-0.05, 0) is 31.5 Å². The second kappa shape index (κ2) is 6.64. The van der Waals surface area contributed by atoms with Crippen molar-refractivity contribution < 1.29 is 14.3 Å². The van der Waals surface area contributed by atoms with E-state index < -0.39 is 5.97 Å². The second-order valence-corrected chi connectivity index (χ2v) is 4.08. The van der Waals surface area contributed by atoms with Gasteiger partial charge in [-0.15, -0.1) is 0 Å². The van der Waals surface area contributed by atoms with E-state index >= 15 is 0 Å². The number of rotatable bonds is 5. The summed E-state index contributed by atoms with van der Waals surface area (Å²) in [5.41, 5.74) is 6.37. The molecule has 5 nitrogen and oxygen atoms in total. The van der Waals surface area contributed by atoms with Crippen LogP contribution in [0.3, 0.4) is 0 Å². The number of amides is 1. The summed E-state index contributed by atoms with van der Waals surface area (Å²) < 4.78 is 4.88. The monoisotopic (exact) mass is 250 g/mol. The van der Waals surface area contributed by atoms with Gasteiger partial charge in [0.2, 0.25) is 0 Å². The van der Waals surface area contributed by atoms with E-state index in [-0.39, 0.29) is 18.6 Å². The Morgan fingerprint density at radius 1 is 1.44 bits per heavy atom. The van der Waals surface area contributed by atoms with Gasteiger partial charge in [0.05, 0.1) is 5.56 Å². The standard InChI is InChI=1S/C13H18N2O3/c1-3-9(2)15-12(16)8-18-13(17)10-5-4-6-11(14)7-10/h4-7,9H,3,8,14H2,1-2H3,(H,15,16). The van der Waals surface area contributed by atoms with Gasteiger partial charge < -0.3 is 15.8 Å². The van der Waals surface area contributed by atoms with Crippen molar-refractivity contribution in [2.24, 2.45) is 0 Å². The summed E-state index contributed by atoms with van der Waals surface area (Å²) in [5, 5.41) is 2.71. The van der Waals surface area contributed by atoms with Crippen molar-refractivity contribution >= 4 is 17.6 Å². The Hall–Kier alpha value is -2.04. The van der Waals surface area contributed by atoms with E-state index in [1.54, 1.807) is 18.2 Å². The smallest absolute Gasteiger partial charge is 0.338 e. The lowest BCUT2D eigenvalue weighted by molar-refractivity contribution is -0.124. The van der Waals surface area contributed by atoms with Crippen LogP contribution in [0.15, 0.2) is 24.3 Å². The number of ether oxygens (including phenoxy) is 1. The van der Waals surface area contributed by atoms with Gasteiger partial charge in [-0.3, -0.25) is 4.79 Å². The van der Waals surface area contributed by atoms with Crippen molar-refractivity contribution in [3.05, 3.63) is 29.8 Å². The first-order valence-corrected chi connectivity index (χ1v) is 5.85. The van der Waals surface area contributed by atoms with Crippen molar-refractivity contribution in [2.75, 3.05) is 12.3 Å². The summed E-state index contributed by atoms with van der Waals surface area (Å²) in [6.07, 6.45) is 0.828. The summed E-state index contributed by atoms with van der Waals surface area (Å²) in [4.78, 5) is 23.0. The molecule has 0 bridgehead atoms. The van der Waals surface area contributed by atoms with E-state index in [9.17, 15) is 9.59 Å². The number of nitrogens with two attached hydrogens (primary N) is 1. The highest BCUT2D eigenvalue weighted by atomic mass is 16.5. The minimum Gasteiger partial charge on any atom is -0.452 e. The third kappa shape index (κ3) is 4.45. The highest BCUT2D eigenvalue weighted by molar-refractivity contribution is 5.92. The number of nitrogens with one attached hydrogen (secondary N) is 1. The third-order valence-corrected chi connectivity index (χ3v) is 2.48. The summed E-state index contributed by atoms with van der Waals surface area (Å²) in [6.45, 7) is 3.57. The molecule has 1 rings (SSSR count). The Morgan fingerprint density at radius 3 is 2.78 bits per heavy atom. The predicted octanol–water partition coefficient (Wildman–Crippen LogP) is 1.34. The molecule has 1 aromatic rings. The average molecular weight is 250 g/mol. The van der Waals surface area contributed by atoms with Crippen LogP contribution in [0.5, 0.6) is 0 Å². The van der Waals surface area contributed by atoms with Gasteiger partial charge in [0, 0.05) is 11.7 Å². The third-order valence-electron chi connectivity index (χ3n) is 2.48. The fraction of sp³-hybridized carbons (Fsp3) is 0.385. The van der Waals surface area contributed by atoms with E-state index in [0.717, 1.165) is 6.42 Å². The van der Waals surface area contributed by atoms with Crippen LogP contribution < -0.4 is 11.1 Å². The Morgan fingerprint density at radius 2 is 2.17 bits per heavy atom. The van der Waals surface area contributed by atoms with Crippen molar-refractivity contribution in [2.45, 2.75) is 26.3 Å². The summed E-state index contributed by atoms with van der Waals surface area (Å²) in [5.74, 6) is -0.858. The fourth-order valence-corrected chi connectivity index (χ4v) is 1.30. The van der Waals surface area contributed by atoms with Crippen LogP contribution in [-0.2, 0) is 9.53 Å². The van der Waals surface area contributed by atoms with Gasteiger partial charge >= 0.3 is 5.97 Å². The zero-order valence-corrected chi connectivity index (χ0v) is 10.6. The number of carbonyl (C=O) groups is 2. The first-order chi connectivity index (χ1) is 8.52.